The molecule has 0 aromatic heterocycles. The molecule has 4 nitrogen and oxygen atoms in total. The molecule has 6 atom stereocenters. The van der Waals surface area contributed by atoms with Crippen molar-refractivity contribution >= 4 is 11.7 Å². The molecular weight excluding hydrogens is 422 g/mol. The Labute approximate surface area is 204 Å². The van der Waals surface area contributed by atoms with Gasteiger partial charge in [-0.15, -0.1) is 0 Å². The van der Waals surface area contributed by atoms with Crippen molar-refractivity contribution in [1.82, 2.24) is 5.32 Å². The van der Waals surface area contributed by atoms with Crippen LogP contribution in [0.5, 0.6) is 0 Å². The maximum Gasteiger partial charge on any atom is 0.220 e. The Bertz CT molecular complexity index is 1090. The lowest BCUT2D eigenvalue weighted by Gasteiger charge is -2.65. The molecule has 1 amide bonds. The minimum absolute atomic E-state index is 0.0766. The summed E-state index contributed by atoms with van der Waals surface area (Å²) in [6.45, 7) is 13.3. The van der Waals surface area contributed by atoms with E-state index in [1.165, 1.54) is 24.8 Å². The van der Waals surface area contributed by atoms with E-state index in [0.717, 1.165) is 36.8 Å². The largest absolute Gasteiger partial charge is 0.504 e. The van der Waals surface area contributed by atoms with Crippen molar-refractivity contribution in [2.75, 3.05) is 0 Å². The van der Waals surface area contributed by atoms with Crippen LogP contribution >= 0.6 is 0 Å². The topological polar surface area (TPSA) is 66.4 Å². The molecule has 5 aliphatic rings. The molecular formula is C30H41NO3. The molecule has 0 radical (unpaired) electrons. The predicted molar refractivity (Wildman–Crippen MR) is 135 cm³/mol. The fourth-order valence-electron chi connectivity index (χ4n) is 8.58. The van der Waals surface area contributed by atoms with Gasteiger partial charge in [0.05, 0.1) is 0 Å². The van der Waals surface area contributed by atoms with Gasteiger partial charge in [-0.2, -0.15) is 0 Å². The lowest BCUT2D eigenvalue weighted by molar-refractivity contribution is -0.127. The number of fused-ring (bicyclic) bond motifs is 7. The van der Waals surface area contributed by atoms with Crippen molar-refractivity contribution in [2.24, 2.45) is 28.1 Å². The van der Waals surface area contributed by atoms with Crippen molar-refractivity contribution in [3.63, 3.8) is 0 Å². The van der Waals surface area contributed by atoms with E-state index in [1.807, 2.05) is 13.8 Å². The summed E-state index contributed by atoms with van der Waals surface area (Å²) >= 11 is 0. The molecule has 5 rings (SSSR count). The zero-order valence-electron chi connectivity index (χ0n) is 21.8. The standard InChI is InChI=1S/C30H41NO3/c1-7-25(33)31-28(4)14-12-27(3)13-15-30(6)20(22(27)17-28)10-11-29(5)21-16-23(32)26(34)18(2)19(21)8-9-24(29)30/h8-9,16,20,22,34H,7,10-15,17H2,1-6H3,(H,31,33). The van der Waals surface area contributed by atoms with E-state index in [9.17, 15) is 14.7 Å². The number of carbonyl (C=O) groups is 2. The zero-order chi connectivity index (χ0) is 24.7. The van der Waals surface area contributed by atoms with Crippen LogP contribution in [0.1, 0.15) is 92.9 Å². The van der Waals surface area contributed by atoms with E-state index < -0.39 is 0 Å². The van der Waals surface area contributed by atoms with Crippen LogP contribution in [-0.2, 0) is 9.59 Å². The number of rotatable bonds is 2. The van der Waals surface area contributed by atoms with Gasteiger partial charge in [0.1, 0.15) is 0 Å². The van der Waals surface area contributed by atoms with Gasteiger partial charge in [0.15, 0.2) is 5.76 Å². The molecule has 3 fully saturated rings. The second-order valence-electron chi connectivity index (χ2n) is 12.9. The molecule has 5 aliphatic carbocycles. The number of hydrogen-bond donors (Lipinski definition) is 2. The van der Waals surface area contributed by atoms with E-state index in [0.29, 0.717) is 29.2 Å². The Morgan fingerprint density at radius 3 is 2.47 bits per heavy atom. The molecule has 34 heavy (non-hydrogen) atoms. The molecule has 0 spiro atoms. The summed E-state index contributed by atoms with van der Waals surface area (Å²) in [4.78, 5) is 24.9. The Kier molecular flexibility index (Phi) is 5.18. The second kappa shape index (κ2) is 7.45. The summed E-state index contributed by atoms with van der Waals surface area (Å²) in [7, 11) is 0. The second-order valence-corrected chi connectivity index (χ2v) is 12.9. The van der Waals surface area contributed by atoms with Crippen molar-refractivity contribution in [2.45, 2.75) is 98.4 Å². The summed E-state index contributed by atoms with van der Waals surface area (Å²) in [6, 6.07) is 0. The highest BCUT2D eigenvalue weighted by Crippen LogP contribution is 2.70. The van der Waals surface area contributed by atoms with Crippen LogP contribution in [0, 0.1) is 28.1 Å². The van der Waals surface area contributed by atoms with Crippen LogP contribution in [0.3, 0.4) is 0 Å². The first-order chi connectivity index (χ1) is 15.9. The molecule has 0 saturated heterocycles. The van der Waals surface area contributed by atoms with Crippen molar-refractivity contribution in [3.05, 3.63) is 46.3 Å². The number of aliphatic hydroxyl groups excluding tert-OH is 1. The number of allylic oxidation sites excluding steroid dienone is 7. The number of amides is 1. The van der Waals surface area contributed by atoms with Gasteiger partial charge in [-0.3, -0.25) is 9.59 Å². The smallest absolute Gasteiger partial charge is 0.220 e. The maximum atomic E-state index is 12.6. The molecule has 6 unspecified atom stereocenters. The molecule has 0 bridgehead atoms. The first-order valence-electron chi connectivity index (χ1n) is 13.3. The van der Waals surface area contributed by atoms with Crippen molar-refractivity contribution in [3.8, 4) is 0 Å². The van der Waals surface area contributed by atoms with E-state index in [2.05, 4.69) is 45.2 Å². The van der Waals surface area contributed by atoms with Gasteiger partial charge in [-0.25, -0.2) is 0 Å². The van der Waals surface area contributed by atoms with E-state index in [-0.39, 0.29) is 33.8 Å². The van der Waals surface area contributed by atoms with E-state index in [4.69, 9.17) is 0 Å². The normalized spacial score (nSPS) is 43.5. The Balaban J connectivity index is 1.54. The minimum atomic E-state index is -0.259. The molecule has 0 aromatic rings. The maximum absolute atomic E-state index is 12.6. The van der Waals surface area contributed by atoms with Gasteiger partial charge in [-0.1, -0.05) is 45.4 Å². The average Bonchev–Trinajstić information content (AvgIpc) is 2.78. The van der Waals surface area contributed by atoms with Crippen LogP contribution < -0.4 is 5.32 Å². The third kappa shape index (κ3) is 3.16. The van der Waals surface area contributed by atoms with Crippen LogP contribution in [0.2, 0.25) is 0 Å². The molecule has 3 saturated carbocycles. The van der Waals surface area contributed by atoms with Gasteiger partial charge in [-0.05, 0) is 98.7 Å². The third-order valence-electron chi connectivity index (χ3n) is 10.8. The SMILES string of the molecule is CCC(=O)NC1(C)CCC2(C)CCC3(C)C4=CC=C5C(=CC(=O)C(O)=C5C)C4(C)CCC3C2C1. The van der Waals surface area contributed by atoms with Gasteiger partial charge in [0, 0.05) is 22.9 Å². The number of hydrogen-bond acceptors (Lipinski definition) is 3. The van der Waals surface area contributed by atoms with Gasteiger partial charge >= 0.3 is 0 Å². The van der Waals surface area contributed by atoms with Crippen LogP contribution in [0.4, 0.5) is 0 Å². The summed E-state index contributed by atoms with van der Waals surface area (Å²) in [5.74, 6) is 0.938. The monoisotopic (exact) mass is 463 g/mol. The Morgan fingerprint density at radius 1 is 1.06 bits per heavy atom. The highest BCUT2D eigenvalue weighted by molar-refractivity contribution is 6.06. The quantitative estimate of drug-likeness (QED) is 0.491. The number of carbonyl (C=O) groups excluding carboxylic acids is 2. The van der Waals surface area contributed by atoms with Gasteiger partial charge in [0.25, 0.3) is 0 Å². The minimum Gasteiger partial charge on any atom is -0.504 e. The molecule has 0 aromatic carbocycles. The highest BCUT2D eigenvalue weighted by atomic mass is 16.3. The van der Waals surface area contributed by atoms with Crippen LogP contribution in [0.15, 0.2) is 46.3 Å². The number of aliphatic hydroxyl groups is 1. The lowest BCUT2D eigenvalue weighted by atomic mass is 9.40. The third-order valence-corrected chi connectivity index (χ3v) is 10.8. The lowest BCUT2D eigenvalue weighted by Crippen LogP contribution is -2.60. The van der Waals surface area contributed by atoms with E-state index in [1.54, 1.807) is 6.08 Å². The van der Waals surface area contributed by atoms with Gasteiger partial charge in [0.2, 0.25) is 11.7 Å². The highest BCUT2D eigenvalue weighted by Gasteiger charge is 2.61. The summed E-state index contributed by atoms with van der Waals surface area (Å²) < 4.78 is 0. The fraction of sp³-hybridized carbons (Fsp3) is 0.667. The summed E-state index contributed by atoms with van der Waals surface area (Å²) in [5.41, 5.74) is 4.41. The van der Waals surface area contributed by atoms with Crippen LogP contribution in [-0.4, -0.2) is 22.3 Å². The first kappa shape index (κ1) is 23.6. The summed E-state index contributed by atoms with van der Waals surface area (Å²) in [6.07, 6.45) is 14.6. The molecule has 184 valence electrons. The summed E-state index contributed by atoms with van der Waals surface area (Å²) in [5, 5.41) is 13.7. The number of nitrogens with one attached hydrogen (secondary N) is 1. The zero-order valence-corrected chi connectivity index (χ0v) is 21.8. The van der Waals surface area contributed by atoms with Crippen molar-refractivity contribution < 1.29 is 14.7 Å². The van der Waals surface area contributed by atoms with Gasteiger partial charge < -0.3 is 10.4 Å². The fourth-order valence-corrected chi connectivity index (χ4v) is 8.58. The van der Waals surface area contributed by atoms with Crippen molar-refractivity contribution in [1.29, 1.82) is 0 Å². The predicted octanol–water partition coefficient (Wildman–Crippen LogP) is 6.50. The first-order valence-corrected chi connectivity index (χ1v) is 13.3. The molecule has 4 heteroatoms. The molecule has 0 aliphatic heterocycles. The van der Waals surface area contributed by atoms with Crippen LogP contribution in [0.25, 0.3) is 0 Å². The Morgan fingerprint density at radius 2 is 1.76 bits per heavy atom. The molecule has 0 heterocycles. The van der Waals surface area contributed by atoms with E-state index >= 15 is 0 Å². The molecule has 2 N–H and O–H groups in total. The number of ketones is 1. The average molecular weight is 464 g/mol. The Hall–Kier alpha value is -2.10.